The fraction of sp³-hybridized carbons (Fsp3) is 0.647. The van der Waals surface area contributed by atoms with Crippen molar-refractivity contribution in [2.75, 3.05) is 32.8 Å². The van der Waals surface area contributed by atoms with Gasteiger partial charge in [-0.1, -0.05) is 6.07 Å². The third-order valence-corrected chi connectivity index (χ3v) is 5.03. The molecule has 0 aromatic heterocycles. The summed E-state index contributed by atoms with van der Waals surface area (Å²) < 4.78 is 83.0. The minimum Gasteiger partial charge on any atom is -0.377 e. The zero-order valence-corrected chi connectivity index (χ0v) is 14.0. The van der Waals surface area contributed by atoms with Crippen LogP contribution in [-0.4, -0.2) is 43.3 Å². The number of hydrogen-bond donors (Lipinski definition) is 1. The van der Waals surface area contributed by atoms with Crippen LogP contribution in [0.1, 0.15) is 29.5 Å². The fourth-order valence-corrected chi connectivity index (χ4v) is 3.53. The van der Waals surface area contributed by atoms with E-state index in [-0.39, 0.29) is 23.7 Å². The van der Waals surface area contributed by atoms with Crippen molar-refractivity contribution in [3.8, 4) is 0 Å². The van der Waals surface area contributed by atoms with Gasteiger partial charge in [0, 0.05) is 13.1 Å². The lowest BCUT2D eigenvalue weighted by Crippen LogP contribution is -2.66. The normalized spacial score (nSPS) is 21.0. The van der Waals surface area contributed by atoms with Crippen molar-refractivity contribution in [3.63, 3.8) is 0 Å². The first-order valence-corrected chi connectivity index (χ1v) is 8.43. The second kappa shape index (κ2) is 7.01. The van der Waals surface area contributed by atoms with Gasteiger partial charge in [-0.25, -0.2) is 0 Å². The van der Waals surface area contributed by atoms with Crippen molar-refractivity contribution in [3.05, 3.63) is 34.9 Å². The summed E-state index contributed by atoms with van der Waals surface area (Å²) in [6, 6.07) is 1.77. The summed E-state index contributed by atoms with van der Waals surface area (Å²) in [6.45, 7) is 3.17. The van der Waals surface area contributed by atoms with Crippen LogP contribution in [0.15, 0.2) is 18.2 Å². The quantitative estimate of drug-likeness (QED) is 0.787. The second-order valence-electron chi connectivity index (χ2n) is 6.88. The number of rotatable bonds is 5. The third-order valence-electron chi connectivity index (χ3n) is 5.03. The van der Waals surface area contributed by atoms with Gasteiger partial charge in [0.05, 0.1) is 29.9 Å². The largest absolute Gasteiger partial charge is 0.416 e. The molecule has 0 spiro atoms. The maximum Gasteiger partial charge on any atom is 0.416 e. The van der Waals surface area contributed by atoms with E-state index < -0.39 is 23.5 Å². The predicted octanol–water partition coefficient (Wildman–Crippen LogP) is 3.68. The van der Waals surface area contributed by atoms with E-state index in [0.29, 0.717) is 25.8 Å². The Morgan fingerprint density at radius 1 is 1.00 bits per heavy atom. The Balaban J connectivity index is 1.71. The highest BCUT2D eigenvalue weighted by Crippen LogP contribution is 2.37. The monoisotopic (exact) mass is 382 g/mol. The number of halogens is 6. The maximum atomic E-state index is 13.2. The van der Waals surface area contributed by atoms with Crippen molar-refractivity contribution >= 4 is 0 Å². The molecule has 0 saturated carbocycles. The Kier molecular flexibility index (Phi) is 5.24. The summed E-state index contributed by atoms with van der Waals surface area (Å²) in [4.78, 5) is 2.28. The molecule has 0 bridgehead atoms. The van der Waals surface area contributed by atoms with E-state index in [1.807, 2.05) is 0 Å². The average molecular weight is 382 g/mol. The highest BCUT2D eigenvalue weighted by atomic mass is 19.4. The number of ether oxygens (including phenoxy) is 1. The molecule has 146 valence electrons. The van der Waals surface area contributed by atoms with Gasteiger partial charge in [-0.05, 0) is 43.6 Å². The number of hydrogen-bond acceptors (Lipinski definition) is 3. The van der Waals surface area contributed by atoms with Crippen LogP contribution in [-0.2, 0) is 23.6 Å². The van der Waals surface area contributed by atoms with Crippen LogP contribution in [0.2, 0.25) is 0 Å². The number of alkyl halides is 6. The molecule has 0 amide bonds. The molecule has 2 aliphatic heterocycles. The van der Waals surface area contributed by atoms with Gasteiger partial charge in [-0.15, -0.1) is 0 Å². The number of likely N-dealkylation sites (tertiary alicyclic amines) is 1. The lowest BCUT2D eigenvalue weighted by atomic mass is 9.94. The minimum atomic E-state index is -4.84. The first-order valence-electron chi connectivity index (χ1n) is 8.43. The molecule has 1 aromatic carbocycles. The Morgan fingerprint density at radius 2 is 1.65 bits per heavy atom. The van der Waals surface area contributed by atoms with E-state index in [0.717, 1.165) is 32.0 Å². The van der Waals surface area contributed by atoms with Gasteiger partial charge in [-0.2, -0.15) is 26.3 Å². The zero-order valence-electron chi connectivity index (χ0n) is 14.0. The molecule has 0 radical (unpaired) electrons. The molecule has 2 aliphatic rings. The van der Waals surface area contributed by atoms with E-state index >= 15 is 0 Å². The number of benzene rings is 1. The van der Waals surface area contributed by atoms with Crippen LogP contribution in [0.4, 0.5) is 26.3 Å². The predicted molar refractivity (Wildman–Crippen MR) is 82.5 cm³/mol. The molecule has 0 unspecified atom stereocenters. The van der Waals surface area contributed by atoms with Crippen molar-refractivity contribution in [1.29, 1.82) is 0 Å². The molecule has 26 heavy (non-hydrogen) atoms. The smallest absolute Gasteiger partial charge is 0.377 e. The molecule has 1 N–H and O–H groups in total. The summed E-state index contributed by atoms with van der Waals surface area (Å²) in [5, 5.41) is 2.99. The van der Waals surface area contributed by atoms with Gasteiger partial charge in [0.15, 0.2) is 0 Å². The molecule has 3 rings (SSSR count). The van der Waals surface area contributed by atoms with Crippen LogP contribution in [0.25, 0.3) is 0 Å². The Morgan fingerprint density at radius 3 is 2.15 bits per heavy atom. The van der Waals surface area contributed by atoms with Gasteiger partial charge in [0.2, 0.25) is 0 Å². The summed E-state index contributed by atoms with van der Waals surface area (Å²) in [5.41, 5.74) is -2.96. The first-order chi connectivity index (χ1) is 12.1. The molecule has 0 aliphatic carbocycles. The molecule has 2 heterocycles. The SMILES string of the molecule is FC(F)(F)c1ccc(CNCC2(N3CCCC3)COC2)c(C(F)(F)F)c1. The average Bonchev–Trinajstić information content (AvgIpc) is 3.02. The summed E-state index contributed by atoms with van der Waals surface area (Å²) >= 11 is 0. The minimum absolute atomic E-state index is 0.150. The number of nitrogens with one attached hydrogen (secondary N) is 1. The Hall–Kier alpha value is -1.32. The summed E-state index contributed by atoms with van der Waals surface area (Å²) in [5.74, 6) is 0. The van der Waals surface area contributed by atoms with Gasteiger partial charge in [0.25, 0.3) is 0 Å². The molecule has 1 aromatic rings. The van der Waals surface area contributed by atoms with E-state index in [2.05, 4.69) is 10.2 Å². The van der Waals surface area contributed by atoms with Crippen LogP contribution >= 0.6 is 0 Å². The molecular weight excluding hydrogens is 362 g/mol. The first kappa shape index (κ1) is 19.4. The van der Waals surface area contributed by atoms with Crippen molar-refractivity contribution < 1.29 is 31.1 Å². The second-order valence-corrected chi connectivity index (χ2v) is 6.88. The van der Waals surface area contributed by atoms with Crippen molar-refractivity contribution in [2.45, 2.75) is 37.3 Å². The lowest BCUT2D eigenvalue weighted by Gasteiger charge is -2.48. The van der Waals surface area contributed by atoms with Crippen LogP contribution < -0.4 is 5.32 Å². The molecule has 2 saturated heterocycles. The maximum absolute atomic E-state index is 13.2. The molecule has 2 fully saturated rings. The van der Waals surface area contributed by atoms with E-state index in [9.17, 15) is 26.3 Å². The summed E-state index contributed by atoms with van der Waals surface area (Å²) in [6.07, 6.45) is -7.49. The molecule has 3 nitrogen and oxygen atoms in total. The standard InChI is InChI=1S/C17H20F6N2O/c18-16(19,20)13-4-3-12(14(7-13)17(21,22)23)8-24-9-15(10-26-11-15)25-5-1-2-6-25/h3-4,7,24H,1-2,5-6,8-11H2. The van der Waals surface area contributed by atoms with E-state index in [1.54, 1.807) is 0 Å². The van der Waals surface area contributed by atoms with E-state index in [4.69, 9.17) is 4.74 Å². The van der Waals surface area contributed by atoms with Gasteiger partial charge in [0.1, 0.15) is 0 Å². The number of nitrogens with zero attached hydrogens (tertiary/aromatic N) is 1. The van der Waals surface area contributed by atoms with Crippen LogP contribution in [0, 0.1) is 0 Å². The Bertz CT molecular complexity index is 633. The highest BCUT2D eigenvalue weighted by molar-refractivity contribution is 5.35. The van der Waals surface area contributed by atoms with Crippen LogP contribution in [0.3, 0.4) is 0 Å². The lowest BCUT2D eigenvalue weighted by molar-refractivity contribution is -0.143. The summed E-state index contributed by atoms with van der Waals surface area (Å²) in [7, 11) is 0. The van der Waals surface area contributed by atoms with E-state index in [1.165, 1.54) is 0 Å². The van der Waals surface area contributed by atoms with Crippen molar-refractivity contribution in [2.24, 2.45) is 0 Å². The van der Waals surface area contributed by atoms with Gasteiger partial charge in [-0.3, -0.25) is 4.90 Å². The fourth-order valence-electron chi connectivity index (χ4n) is 3.53. The Labute approximate surface area is 147 Å². The highest BCUT2D eigenvalue weighted by Gasteiger charge is 2.44. The topological polar surface area (TPSA) is 24.5 Å². The van der Waals surface area contributed by atoms with Gasteiger partial charge < -0.3 is 10.1 Å². The molecule has 9 heteroatoms. The van der Waals surface area contributed by atoms with Gasteiger partial charge >= 0.3 is 12.4 Å². The van der Waals surface area contributed by atoms with Crippen LogP contribution in [0.5, 0.6) is 0 Å². The zero-order chi connectivity index (χ0) is 19.0. The van der Waals surface area contributed by atoms with Crippen molar-refractivity contribution in [1.82, 2.24) is 10.2 Å². The molecular formula is C17H20F6N2O. The molecule has 0 atom stereocenters. The third kappa shape index (κ3) is 3.99.